The smallest absolute Gasteiger partial charge is 0.0622 e. The predicted molar refractivity (Wildman–Crippen MR) is 371 cm³/mol. The Morgan fingerprint density at radius 2 is 0.581 bits per heavy atom. The molecule has 86 heavy (non-hydrogen) atoms. The highest BCUT2D eigenvalue weighted by Gasteiger charge is 2.21. The van der Waals surface area contributed by atoms with Gasteiger partial charge in [-0.05, 0) is 188 Å². The molecule has 0 heterocycles. The molecule has 400 valence electrons. The van der Waals surface area contributed by atoms with Gasteiger partial charge in [-0.15, -0.1) is 0 Å². The number of fused-ring (bicyclic) bond motifs is 9. The first-order chi connectivity index (χ1) is 44.8. The molecule has 0 fully saturated rings. The van der Waals surface area contributed by atoms with Crippen molar-refractivity contribution in [2.75, 3.05) is 0 Å². The van der Waals surface area contributed by atoms with Gasteiger partial charge in [0.25, 0.3) is 0 Å². The molecule has 0 aromatic heterocycles. The number of rotatable bonds is 7. The Morgan fingerprint density at radius 1 is 0.163 bits per heavy atom. The molecule has 0 N–H and O–H groups in total. The lowest BCUT2D eigenvalue weighted by Crippen LogP contribution is -1.92. The molecular formula is C86H56. The Bertz CT molecular complexity index is 5720. The van der Waals surface area contributed by atoms with Crippen LogP contribution in [0.1, 0.15) is 6.85 Å². The summed E-state index contributed by atoms with van der Waals surface area (Å²) >= 11 is 0. The first-order valence-corrected chi connectivity index (χ1v) is 29.4. The van der Waals surface area contributed by atoms with Gasteiger partial charge in [0.1, 0.15) is 0 Å². The third kappa shape index (κ3) is 8.87. The van der Waals surface area contributed by atoms with Crippen LogP contribution in [0.15, 0.2) is 340 Å². The van der Waals surface area contributed by atoms with Crippen LogP contribution in [0.3, 0.4) is 0 Å². The highest BCUT2D eigenvalue weighted by atomic mass is 14.2. The Labute approximate surface area is 507 Å². The topological polar surface area (TPSA) is 0 Å². The Kier molecular flexibility index (Phi) is 11.4. The van der Waals surface area contributed by atoms with Crippen molar-refractivity contribution in [3.05, 3.63) is 340 Å². The van der Waals surface area contributed by atoms with Gasteiger partial charge in [-0.2, -0.15) is 0 Å². The highest BCUT2D eigenvalue weighted by molar-refractivity contribution is 6.25. The molecule has 0 radical (unpaired) electrons. The van der Waals surface area contributed by atoms with E-state index in [2.05, 4.69) is 285 Å². The second kappa shape index (κ2) is 21.5. The van der Waals surface area contributed by atoms with E-state index in [1.54, 1.807) is 0 Å². The monoisotopic (exact) mass is 1090 g/mol. The van der Waals surface area contributed by atoms with Crippen LogP contribution < -0.4 is 0 Å². The lowest BCUT2D eigenvalue weighted by atomic mass is 9.83. The SMILES string of the molecule is [2H]c1c([2H])c([2H])c(-c2ccc3c(-c4cccc5ccccc45)c4ccccc4c(-c4ccc5ccccc5c4)c3c2)c([2H])c1[2H].c1ccc(-c2ccc(-c3c4ccccc4c(-c4ccccc4)c4cc(-c5cc6ccccc6c6ccccc56)ccc34)cc2)cc1. The van der Waals surface area contributed by atoms with E-state index in [9.17, 15) is 0 Å². The minimum Gasteiger partial charge on any atom is -0.0622 e. The Balaban J connectivity index is 0.000000145. The van der Waals surface area contributed by atoms with Gasteiger partial charge in [0.2, 0.25) is 0 Å². The molecular weight excluding hydrogens is 1030 g/mol. The minimum absolute atomic E-state index is 0.201. The maximum atomic E-state index is 8.71. The van der Waals surface area contributed by atoms with Crippen molar-refractivity contribution in [1.82, 2.24) is 0 Å². The van der Waals surface area contributed by atoms with Crippen molar-refractivity contribution in [1.29, 1.82) is 0 Å². The van der Waals surface area contributed by atoms with Crippen LogP contribution in [-0.4, -0.2) is 0 Å². The molecule has 0 bridgehead atoms. The molecule has 0 saturated heterocycles. The van der Waals surface area contributed by atoms with Crippen molar-refractivity contribution in [2.45, 2.75) is 0 Å². The van der Waals surface area contributed by atoms with Crippen LogP contribution in [0.5, 0.6) is 0 Å². The molecule has 0 unspecified atom stereocenters. The van der Waals surface area contributed by atoms with E-state index in [4.69, 9.17) is 6.85 Å². The number of benzene rings is 17. The fourth-order valence-corrected chi connectivity index (χ4v) is 13.4. The van der Waals surface area contributed by atoms with Crippen LogP contribution in [0.2, 0.25) is 0 Å². The van der Waals surface area contributed by atoms with E-state index in [0.717, 1.165) is 65.3 Å². The third-order valence-electron chi connectivity index (χ3n) is 17.4. The molecule has 17 aromatic carbocycles. The summed E-state index contributed by atoms with van der Waals surface area (Å²) in [5, 5.41) is 19.0. The van der Waals surface area contributed by atoms with Crippen LogP contribution in [-0.2, 0) is 0 Å². The van der Waals surface area contributed by atoms with E-state index in [0.29, 0.717) is 5.56 Å². The summed E-state index contributed by atoms with van der Waals surface area (Å²) in [5.41, 5.74) is 15.1. The number of hydrogen-bond donors (Lipinski definition) is 0. The molecule has 0 atom stereocenters. The summed E-state index contributed by atoms with van der Waals surface area (Å²) in [4.78, 5) is 0. The van der Waals surface area contributed by atoms with Gasteiger partial charge < -0.3 is 0 Å². The molecule has 0 amide bonds. The fraction of sp³-hybridized carbons (Fsp3) is 0. The molecule has 0 saturated carbocycles. The zero-order chi connectivity index (χ0) is 61.3. The summed E-state index contributed by atoms with van der Waals surface area (Å²) in [6.07, 6.45) is 0. The van der Waals surface area contributed by atoms with Gasteiger partial charge in [0.05, 0.1) is 6.85 Å². The van der Waals surface area contributed by atoms with Crippen LogP contribution in [0, 0.1) is 0 Å². The van der Waals surface area contributed by atoms with Gasteiger partial charge in [-0.3, -0.25) is 0 Å². The summed E-state index contributed by atoms with van der Waals surface area (Å²) in [7, 11) is 0. The van der Waals surface area contributed by atoms with Gasteiger partial charge in [0, 0.05) is 0 Å². The standard InChI is InChI=1S/C46H30.C40H26/c1-3-13-31(14-4-1)32-23-25-34(26-24-32)45-40-21-11-12-22-41(40)46(33-15-5-2-6-16-33)44-30-36(27-28-42(44)45)43-29-35-17-7-8-18-37(35)38-19-9-10-20-39(38)43;1-2-11-27(12-3-1)31-23-24-37-38(26-31)39(32-22-21-28-13-4-5-15-30(28)25-32)35-18-8-9-19-36(35)40(37)34-20-10-16-29-14-6-7-17-33(29)34/h1-30H;1-26H/i;1D,2D,3D,11D,12D. The molecule has 0 nitrogen and oxygen atoms in total. The molecule has 0 aliphatic carbocycles. The van der Waals surface area contributed by atoms with Crippen LogP contribution >= 0.6 is 0 Å². The average molecular weight is 1090 g/mol. The Hall–Kier alpha value is -11.2. The fourth-order valence-electron chi connectivity index (χ4n) is 13.4. The Morgan fingerprint density at radius 3 is 1.27 bits per heavy atom. The number of hydrogen-bond acceptors (Lipinski definition) is 0. The van der Waals surface area contributed by atoms with E-state index in [1.807, 2.05) is 24.3 Å². The normalized spacial score (nSPS) is 12.3. The van der Waals surface area contributed by atoms with Gasteiger partial charge in [0.15, 0.2) is 0 Å². The maximum Gasteiger partial charge on any atom is 0.0629 e. The quantitative estimate of drug-likeness (QED) is 0.110. The second-order valence-electron chi connectivity index (χ2n) is 22.2. The molecule has 17 aromatic rings. The predicted octanol–water partition coefficient (Wildman–Crippen LogP) is 24.3. The summed E-state index contributed by atoms with van der Waals surface area (Å²) in [6, 6.07) is 109. The van der Waals surface area contributed by atoms with Crippen LogP contribution in [0.4, 0.5) is 0 Å². The second-order valence-corrected chi connectivity index (χ2v) is 22.2. The van der Waals surface area contributed by atoms with Gasteiger partial charge in [-0.25, -0.2) is 0 Å². The van der Waals surface area contributed by atoms with E-state index in [1.165, 1.54) is 87.6 Å². The van der Waals surface area contributed by atoms with E-state index < -0.39 is 6.04 Å². The van der Waals surface area contributed by atoms with Crippen molar-refractivity contribution >= 4 is 86.2 Å². The average Bonchev–Trinajstić information content (AvgIpc) is 0.770. The van der Waals surface area contributed by atoms with E-state index >= 15 is 0 Å². The molecule has 0 spiro atoms. The zero-order valence-electron chi connectivity index (χ0n) is 51.9. The summed E-state index contributed by atoms with van der Waals surface area (Å²) < 4.78 is 42.2. The molecule has 0 heteroatoms. The van der Waals surface area contributed by atoms with Crippen LogP contribution in [0.25, 0.3) is 164 Å². The largest absolute Gasteiger partial charge is 0.0629 e. The summed E-state index contributed by atoms with van der Waals surface area (Å²) in [6.45, 7) is 0. The van der Waals surface area contributed by atoms with Crippen molar-refractivity contribution in [3.63, 3.8) is 0 Å². The molecule has 0 aliphatic heterocycles. The minimum atomic E-state index is -0.393. The lowest BCUT2D eigenvalue weighted by molar-refractivity contribution is 1.61. The van der Waals surface area contributed by atoms with E-state index in [-0.39, 0.29) is 29.7 Å². The zero-order valence-corrected chi connectivity index (χ0v) is 46.9. The van der Waals surface area contributed by atoms with Gasteiger partial charge in [-0.1, -0.05) is 315 Å². The third-order valence-corrected chi connectivity index (χ3v) is 17.4. The van der Waals surface area contributed by atoms with Gasteiger partial charge >= 0.3 is 0 Å². The molecule has 0 aliphatic rings. The first kappa shape index (κ1) is 45.3. The maximum absolute atomic E-state index is 8.71. The first-order valence-electron chi connectivity index (χ1n) is 31.9. The summed E-state index contributed by atoms with van der Waals surface area (Å²) in [5.74, 6) is 0. The highest BCUT2D eigenvalue weighted by Crippen LogP contribution is 2.49. The molecule has 17 rings (SSSR count). The van der Waals surface area contributed by atoms with Crippen molar-refractivity contribution in [2.24, 2.45) is 0 Å². The van der Waals surface area contributed by atoms with Crippen molar-refractivity contribution < 1.29 is 6.85 Å². The van der Waals surface area contributed by atoms with Crippen molar-refractivity contribution in [3.8, 4) is 77.9 Å². The lowest BCUT2D eigenvalue weighted by Gasteiger charge is -2.20.